The van der Waals surface area contributed by atoms with E-state index in [0.717, 1.165) is 16.9 Å². The van der Waals surface area contributed by atoms with Crippen molar-refractivity contribution < 1.29 is 5.11 Å². The molecule has 0 fully saturated rings. The van der Waals surface area contributed by atoms with Crippen molar-refractivity contribution in [3.63, 3.8) is 0 Å². The molecule has 84 valence electrons. The Hall–Kier alpha value is -1.81. The first-order valence-corrected chi connectivity index (χ1v) is 5.08. The second kappa shape index (κ2) is 3.98. The summed E-state index contributed by atoms with van der Waals surface area (Å²) in [6.07, 6.45) is 1.79. The minimum atomic E-state index is -0.0763. The van der Waals surface area contributed by atoms with E-state index in [1.54, 1.807) is 22.4 Å². The Morgan fingerprint density at radius 1 is 1.38 bits per heavy atom. The molecule has 2 rings (SSSR count). The van der Waals surface area contributed by atoms with Gasteiger partial charge in [0.2, 0.25) is 0 Å². The minimum absolute atomic E-state index is 0.0194. The molecular weight excluding hydrogens is 204 g/mol. The molecule has 0 aliphatic carbocycles. The molecule has 1 heterocycles. The molecule has 1 N–H and O–H groups in total. The number of aromatic nitrogens is 2. The van der Waals surface area contributed by atoms with Crippen LogP contribution in [0.4, 0.5) is 0 Å². The van der Waals surface area contributed by atoms with Crippen LogP contribution in [0.15, 0.2) is 35.3 Å². The Morgan fingerprint density at radius 3 is 2.69 bits per heavy atom. The summed E-state index contributed by atoms with van der Waals surface area (Å²) >= 11 is 0. The first-order valence-electron chi connectivity index (χ1n) is 5.08. The van der Waals surface area contributed by atoms with Gasteiger partial charge in [-0.2, -0.15) is 0 Å². The predicted molar refractivity (Wildman–Crippen MR) is 61.7 cm³/mol. The maximum atomic E-state index is 11.9. The lowest BCUT2D eigenvalue weighted by atomic mass is 10.2. The average Bonchev–Trinajstić information content (AvgIpc) is 2.53. The SMILES string of the molecule is Cc1cn(C)c(=O)n1-c1cccc(CO)c1. The Labute approximate surface area is 93.4 Å². The van der Waals surface area contributed by atoms with Crippen molar-refractivity contribution in [2.45, 2.75) is 13.5 Å². The van der Waals surface area contributed by atoms with Gasteiger partial charge in [-0.15, -0.1) is 0 Å². The monoisotopic (exact) mass is 218 g/mol. The van der Waals surface area contributed by atoms with E-state index < -0.39 is 0 Å². The topological polar surface area (TPSA) is 47.2 Å². The number of benzene rings is 1. The fourth-order valence-electron chi connectivity index (χ4n) is 1.81. The molecule has 0 saturated heterocycles. The Morgan fingerprint density at radius 2 is 2.12 bits per heavy atom. The van der Waals surface area contributed by atoms with E-state index in [4.69, 9.17) is 5.11 Å². The van der Waals surface area contributed by atoms with Gasteiger partial charge in [-0.1, -0.05) is 12.1 Å². The molecule has 0 atom stereocenters. The first kappa shape index (κ1) is 10.7. The van der Waals surface area contributed by atoms with Gasteiger partial charge < -0.3 is 9.67 Å². The normalized spacial score (nSPS) is 10.7. The lowest BCUT2D eigenvalue weighted by Crippen LogP contribution is -2.21. The summed E-state index contributed by atoms with van der Waals surface area (Å²) < 4.78 is 3.17. The summed E-state index contributed by atoms with van der Waals surface area (Å²) in [4.78, 5) is 11.9. The number of aryl methyl sites for hydroxylation is 2. The van der Waals surface area contributed by atoms with Gasteiger partial charge in [0.1, 0.15) is 0 Å². The minimum Gasteiger partial charge on any atom is -0.392 e. The molecule has 0 aliphatic heterocycles. The van der Waals surface area contributed by atoms with Crippen LogP contribution >= 0.6 is 0 Å². The molecule has 4 heteroatoms. The smallest absolute Gasteiger partial charge is 0.332 e. The van der Waals surface area contributed by atoms with E-state index in [0.29, 0.717) is 0 Å². The number of aliphatic hydroxyl groups is 1. The van der Waals surface area contributed by atoms with Gasteiger partial charge in [-0.05, 0) is 24.6 Å². The van der Waals surface area contributed by atoms with Crippen LogP contribution in [0.25, 0.3) is 5.69 Å². The van der Waals surface area contributed by atoms with E-state index in [1.807, 2.05) is 31.2 Å². The number of imidazole rings is 1. The lowest BCUT2D eigenvalue weighted by Gasteiger charge is -2.05. The van der Waals surface area contributed by atoms with Crippen LogP contribution in [0.2, 0.25) is 0 Å². The van der Waals surface area contributed by atoms with Gasteiger partial charge >= 0.3 is 5.69 Å². The molecule has 0 radical (unpaired) electrons. The highest BCUT2D eigenvalue weighted by Crippen LogP contribution is 2.11. The third kappa shape index (κ3) is 1.67. The molecule has 1 aromatic heterocycles. The number of aliphatic hydroxyl groups excluding tert-OH is 1. The molecule has 1 aromatic carbocycles. The fraction of sp³-hybridized carbons (Fsp3) is 0.250. The fourth-order valence-corrected chi connectivity index (χ4v) is 1.81. The van der Waals surface area contributed by atoms with Crippen molar-refractivity contribution in [2.75, 3.05) is 0 Å². The average molecular weight is 218 g/mol. The zero-order valence-corrected chi connectivity index (χ0v) is 9.34. The highest BCUT2D eigenvalue weighted by atomic mass is 16.3. The van der Waals surface area contributed by atoms with Crippen LogP contribution in [-0.2, 0) is 13.7 Å². The number of rotatable bonds is 2. The van der Waals surface area contributed by atoms with E-state index >= 15 is 0 Å². The molecule has 0 amide bonds. The molecule has 2 aromatic rings. The zero-order valence-electron chi connectivity index (χ0n) is 9.34. The van der Waals surface area contributed by atoms with Gasteiger partial charge in [0.05, 0.1) is 12.3 Å². The van der Waals surface area contributed by atoms with Gasteiger partial charge in [0.25, 0.3) is 0 Å². The van der Waals surface area contributed by atoms with Gasteiger partial charge in [-0.3, -0.25) is 4.57 Å². The molecule has 0 unspecified atom stereocenters. The lowest BCUT2D eigenvalue weighted by molar-refractivity contribution is 0.282. The predicted octanol–water partition coefficient (Wildman–Crippen LogP) is 0.977. The van der Waals surface area contributed by atoms with Gasteiger partial charge in [0.15, 0.2) is 0 Å². The Bertz CT molecular complexity index is 567. The summed E-state index contributed by atoms with van der Waals surface area (Å²) in [6, 6.07) is 7.33. The van der Waals surface area contributed by atoms with Crippen LogP contribution in [0.5, 0.6) is 0 Å². The van der Waals surface area contributed by atoms with Crippen molar-refractivity contribution in [3.05, 3.63) is 52.2 Å². The highest BCUT2D eigenvalue weighted by molar-refractivity contribution is 5.37. The van der Waals surface area contributed by atoms with Gasteiger partial charge in [-0.25, -0.2) is 4.79 Å². The Kier molecular flexibility index (Phi) is 2.66. The van der Waals surface area contributed by atoms with Crippen LogP contribution in [0.3, 0.4) is 0 Å². The highest BCUT2D eigenvalue weighted by Gasteiger charge is 2.07. The van der Waals surface area contributed by atoms with Gasteiger partial charge in [0, 0.05) is 18.9 Å². The van der Waals surface area contributed by atoms with E-state index in [2.05, 4.69) is 0 Å². The summed E-state index contributed by atoms with van der Waals surface area (Å²) in [5, 5.41) is 9.06. The van der Waals surface area contributed by atoms with Crippen molar-refractivity contribution in [2.24, 2.45) is 7.05 Å². The molecule has 4 nitrogen and oxygen atoms in total. The number of hydrogen-bond donors (Lipinski definition) is 1. The molecule has 0 saturated carbocycles. The number of nitrogens with zero attached hydrogens (tertiary/aromatic N) is 2. The summed E-state index contributed by atoms with van der Waals surface area (Å²) in [5.74, 6) is 0. The van der Waals surface area contributed by atoms with Crippen LogP contribution < -0.4 is 5.69 Å². The van der Waals surface area contributed by atoms with Crippen LogP contribution in [0, 0.1) is 6.92 Å². The third-order valence-corrected chi connectivity index (χ3v) is 2.58. The van der Waals surface area contributed by atoms with Crippen molar-refractivity contribution in [1.29, 1.82) is 0 Å². The largest absolute Gasteiger partial charge is 0.392 e. The molecule has 0 bridgehead atoms. The van der Waals surface area contributed by atoms with E-state index in [1.165, 1.54) is 0 Å². The maximum Gasteiger partial charge on any atom is 0.332 e. The molecular formula is C12H14N2O2. The van der Waals surface area contributed by atoms with Crippen molar-refractivity contribution in [1.82, 2.24) is 9.13 Å². The van der Waals surface area contributed by atoms with E-state index in [-0.39, 0.29) is 12.3 Å². The van der Waals surface area contributed by atoms with Crippen LogP contribution in [0.1, 0.15) is 11.3 Å². The molecule has 0 aliphatic rings. The second-order valence-electron chi connectivity index (χ2n) is 3.83. The summed E-state index contributed by atoms with van der Waals surface area (Å²) in [7, 11) is 1.72. The standard InChI is InChI=1S/C12H14N2O2/c1-9-7-13(2)12(16)14(9)11-5-3-4-10(6-11)8-15/h3-7,15H,8H2,1-2H3. The maximum absolute atomic E-state index is 11.9. The third-order valence-electron chi connectivity index (χ3n) is 2.58. The van der Waals surface area contributed by atoms with Crippen molar-refractivity contribution in [3.8, 4) is 5.69 Å². The number of hydrogen-bond acceptors (Lipinski definition) is 2. The summed E-state index contributed by atoms with van der Waals surface area (Å²) in [6.45, 7) is 1.86. The quantitative estimate of drug-likeness (QED) is 0.816. The first-order chi connectivity index (χ1) is 7.63. The van der Waals surface area contributed by atoms with E-state index in [9.17, 15) is 4.79 Å². The van der Waals surface area contributed by atoms with Crippen molar-refractivity contribution >= 4 is 0 Å². The Balaban J connectivity index is 2.62. The molecule has 0 spiro atoms. The molecule has 16 heavy (non-hydrogen) atoms. The zero-order chi connectivity index (χ0) is 11.7. The summed E-state index contributed by atoms with van der Waals surface area (Å²) in [5.41, 5.74) is 2.39. The second-order valence-corrected chi connectivity index (χ2v) is 3.83. The van der Waals surface area contributed by atoms with Crippen LogP contribution in [-0.4, -0.2) is 14.2 Å².